The molecule has 5 nitrogen and oxygen atoms in total. The van der Waals surface area contributed by atoms with Crippen LogP contribution < -0.4 is 10.6 Å². The third-order valence-corrected chi connectivity index (χ3v) is 3.94. The van der Waals surface area contributed by atoms with E-state index in [-0.39, 0.29) is 30.8 Å². The summed E-state index contributed by atoms with van der Waals surface area (Å²) >= 11 is 0. The van der Waals surface area contributed by atoms with E-state index in [0.29, 0.717) is 5.56 Å². The molecule has 0 aliphatic heterocycles. The number of aliphatic hydroxyl groups is 1. The van der Waals surface area contributed by atoms with Gasteiger partial charge in [0, 0.05) is 12.1 Å². The minimum atomic E-state index is -0.592. The van der Waals surface area contributed by atoms with Gasteiger partial charge in [-0.05, 0) is 29.2 Å². The van der Waals surface area contributed by atoms with Gasteiger partial charge in [-0.2, -0.15) is 0 Å². The van der Waals surface area contributed by atoms with E-state index in [1.807, 2.05) is 56.3 Å². The fourth-order valence-corrected chi connectivity index (χ4v) is 2.22. The van der Waals surface area contributed by atoms with E-state index in [0.717, 1.165) is 11.1 Å². The molecule has 0 bridgehead atoms. The van der Waals surface area contributed by atoms with E-state index >= 15 is 0 Å². The smallest absolute Gasteiger partial charge is 0.251 e. The van der Waals surface area contributed by atoms with Gasteiger partial charge in [-0.1, -0.05) is 56.3 Å². The molecule has 0 spiro atoms. The molecule has 0 saturated carbocycles. The predicted octanol–water partition coefficient (Wildman–Crippen LogP) is 2.22. The van der Waals surface area contributed by atoms with Crippen molar-refractivity contribution >= 4 is 11.8 Å². The molecule has 0 aromatic heterocycles. The molecule has 2 aromatic rings. The highest BCUT2D eigenvalue weighted by atomic mass is 16.3. The molecule has 0 heterocycles. The Morgan fingerprint density at radius 3 is 2.12 bits per heavy atom. The van der Waals surface area contributed by atoms with Gasteiger partial charge in [0.25, 0.3) is 5.91 Å². The summed E-state index contributed by atoms with van der Waals surface area (Å²) in [5, 5.41) is 14.8. The first-order valence-electron chi connectivity index (χ1n) is 8.36. The van der Waals surface area contributed by atoms with Gasteiger partial charge in [-0.25, -0.2) is 0 Å². The second kappa shape index (κ2) is 8.99. The van der Waals surface area contributed by atoms with Gasteiger partial charge in [0.15, 0.2) is 0 Å². The SMILES string of the molecule is CC(C)C(O)CNC(=O)CNC(=O)c1ccc(-c2ccccc2)cc1. The minimum Gasteiger partial charge on any atom is -0.391 e. The predicted molar refractivity (Wildman–Crippen MR) is 98.1 cm³/mol. The second-order valence-corrected chi connectivity index (χ2v) is 6.24. The zero-order valence-electron chi connectivity index (χ0n) is 14.5. The number of aliphatic hydroxyl groups excluding tert-OH is 1. The van der Waals surface area contributed by atoms with Crippen molar-refractivity contribution in [2.45, 2.75) is 20.0 Å². The Bertz CT molecular complexity index is 697. The highest BCUT2D eigenvalue weighted by molar-refractivity contribution is 5.96. The summed E-state index contributed by atoms with van der Waals surface area (Å²) in [7, 11) is 0. The zero-order chi connectivity index (χ0) is 18.2. The molecule has 1 atom stereocenters. The monoisotopic (exact) mass is 340 g/mol. The van der Waals surface area contributed by atoms with E-state index in [1.54, 1.807) is 12.1 Å². The molecule has 2 amide bonds. The lowest BCUT2D eigenvalue weighted by atomic mass is 10.0. The van der Waals surface area contributed by atoms with Crippen molar-refractivity contribution in [3.8, 4) is 11.1 Å². The van der Waals surface area contributed by atoms with Gasteiger partial charge in [0.05, 0.1) is 12.6 Å². The van der Waals surface area contributed by atoms with Crippen LogP contribution in [0.25, 0.3) is 11.1 Å². The molecular weight excluding hydrogens is 316 g/mol. The van der Waals surface area contributed by atoms with E-state index in [1.165, 1.54) is 0 Å². The van der Waals surface area contributed by atoms with Crippen molar-refractivity contribution in [3.05, 3.63) is 60.2 Å². The Hall–Kier alpha value is -2.66. The molecule has 0 radical (unpaired) electrons. The van der Waals surface area contributed by atoms with Crippen LogP contribution in [0.15, 0.2) is 54.6 Å². The molecule has 132 valence electrons. The van der Waals surface area contributed by atoms with Crippen LogP contribution in [0.4, 0.5) is 0 Å². The third kappa shape index (κ3) is 5.72. The Morgan fingerprint density at radius 1 is 0.920 bits per heavy atom. The Kier molecular flexibility index (Phi) is 6.71. The van der Waals surface area contributed by atoms with Crippen LogP contribution >= 0.6 is 0 Å². The quantitative estimate of drug-likeness (QED) is 0.723. The highest BCUT2D eigenvalue weighted by Gasteiger charge is 2.12. The average Bonchev–Trinajstić information content (AvgIpc) is 2.64. The molecule has 0 fully saturated rings. The Balaban J connectivity index is 1.84. The molecule has 5 heteroatoms. The first kappa shape index (κ1) is 18.7. The van der Waals surface area contributed by atoms with Crippen LogP contribution in [0, 0.1) is 5.92 Å². The Morgan fingerprint density at radius 2 is 1.52 bits per heavy atom. The van der Waals surface area contributed by atoms with Crippen LogP contribution in [-0.4, -0.2) is 36.1 Å². The number of hydrogen-bond donors (Lipinski definition) is 3. The molecule has 25 heavy (non-hydrogen) atoms. The highest BCUT2D eigenvalue weighted by Crippen LogP contribution is 2.19. The fraction of sp³-hybridized carbons (Fsp3) is 0.300. The first-order chi connectivity index (χ1) is 12.0. The van der Waals surface area contributed by atoms with E-state index in [9.17, 15) is 14.7 Å². The van der Waals surface area contributed by atoms with Gasteiger partial charge >= 0.3 is 0 Å². The fourth-order valence-electron chi connectivity index (χ4n) is 2.22. The molecule has 2 aromatic carbocycles. The van der Waals surface area contributed by atoms with Crippen LogP contribution in [0.2, 0.25) is 0 Å². The summed E-state index contributed by atoms with van der Waals surface area (Å²) < 4.78 is 0. The summed E-state index contributed by atoms with van der Waals surface area (Å²) in [5.41, 5.74) is 2.60. The van der Waals surface area contributed by atoms with Crippen molar-refractivity contribution in [2.24, 2.45) is 5.92 Å². The minimum absolute atomic E-state index is 0.0676. The Labute approximate surface area is 148 Å². The largest absolute Gasteiger partial charge is 0.391 e. The standard InChI is InChI=1S/C20H24N2O3/c1-14(2)18(23)12-21-19(24)13-22-20(25)17-10-8-16(9-11-17)15-6-4-3-5-7-15/h3-11,14,18,23H,12-13H2,1-2H3,(H,21,24)(H,22,25). The van der Waals surface area contributed by atoms with Crippen molar-refractivity contribution in [2.75, 3.05) is 13.1 Å². The van der Waals surface area contributed by atoms with Crippen LogP contribution in [0.1, 0.15) is 24.2 Å². The normalized spacial score (nSPS) is 11.8. The number of carbonyl (C=O) groups is 2. The van der Waals surface area contributed by atoms with E-state index in [4.69, 9.17) is 0 Å². The van der Waals surface area contributed by atoms with Gasteiger partial charge < -0.3 is 15.7 Å². The van der Waals surface area contributed by atoms with Crippen LogP contribution in [0.5, 0.6) is 0 Å². The molecule has 1 unspecified atom stereocenters. The topological polar surface area (TPSA) is 78.4 Å². The summed E-state index contributed by atoms with van der Waals surface area (Å²) in [4.78, 5) is 23.8. The lowest BCUT2D eigenvalue weighted by Crippen LogP contribution is -2.41. The zero-order valence-corrected chi connectivity index (χ0v) is 14.5. The van der Waals surface area contributed by atoms with Gasteiger partial charge in [-0.15, -0.1) is 0 Å². The summed E-state index contributed by atoms with van der Waals surface area (Å²) in [5.74, 6) is -0.564. The number of nitrogens with one attached hydrogen (secondary N) is 2. The molecule has 0 aliphatic rings. The number of benzene rings is 2. The number of amides is 2. The first-order valence-corrected chi connectivity index (χ1v) is 8.36. The molecular formula is C20H24N2O3. The maximum atomic E-state index is 12.1. The lowest BCUT2D eigenvalue weighted by molar-refractivity contribution is -0.120. The van der Waals surface area contributed by atoms with Crippen LogP contribution in [-0.2, 0) is 4.79 Å². The molecule has 2 rings (SSSR count). The average molecular weight is 340 g/mol. The van der Waals surface area contributed by atoms with Crippen molar-refractivity contribution < 1.29 is 14.7 Å². The lowest BCUT2D eigenvalue weighted by Gasteiger charge is -2.15. The van der Waals surface area contributed by atoms with Crippen molar-refractivity contribution in [3.63, 3.8) is 0 Å². The second-order valence-electron chi connectivity index (χ2n) is 6.24. The molecule has 0 aliphatic carbocycles. The van der Waals surface area contributed by atoms with E-state index < -0.39 is 6.10 Å². The third-order valence-electron chi connectivity index (χ3n) is 3.94. The van der Waals surface area contributed by atoms with Crippen molar-refractivity contribution in [1.82, 2.24) is 10.6 Å². The molecule has 0 saturated heterocycles. The van der Waals surface area contributed by atoms with E-state index in [2.05, 4.69) is 10.6 Å². The number of hydrogen-bond acceptors (Lipinski definition) is 3. The summed E-state index contributed by atoms with van der Waals surface area (Å²) in [6.07, 6.45) is -0.592. The van der Waals surface area contributed by atoms with Gasteiger partial charge in [0.1, 0.15) is 0 Å². The van der Waals surface area contributed by atoms with Gasteiger partial charge in [-0.3, -0.25) is 9.59 Å². The maximum absolute atomic E-state index is 12.1. The molecule has 3 N–H and O–H groups in total. The van der Waals surface area contributed by atoms with Crippen LogP contribution in [0.3, 0.4) is 0 Å². The summed E-state index contributed by atoms with van der Waals surface area (Å²) in [6.45, 7) is 3.80. The van der Waals surface area contributed by atoms with Crippen molar-refractivity contribution in [1.29, 1.82) is 0 Å². The number of rotatable bonds is 7. The maximum Gasteiger partial charge on any atom is 0.251 e. The summed E-state index contributed by atoms with van der Waals surface area (Å²) in [6, 6.07) is 17.1. The van der Waals surface area contributed by atoms with Gasteiger partial charge in [0.2, 0.25) is 5.91 Å². The number of carbonyl (C=O) groups excluding carboxylic acids is 2.